The lowest BCUT2D eigenvalue weighted by Gasteiger charge is -2.16. The first-order valence-electron chi connectivity index (χ1n) is 7.73. The number of halogens is 1. The number of hydrogen-bond donors (Lipinski definition) is 1. The van der Waals surface area contributed by atoms with Crippen molar-refractivity contribution in [2.75, 3.05) is 0 Å². The van der Waals surface area contributed by atoms with Gasteiger partial charge in [-0.1, -0.05) is 41.9 Å². The second-order valence-corrected chi connectivity index (χ2v) is 6.31. The number of aromatic nitrogens is 1. The van der Waals surface area contributed by atoms with Gasteiger partial charge in [-0.2, -0.15) is 0 Å². The molecule has 1 aromatic heterocycles. The molecule has 0 aliphatic heterocycles. The van der Waals surface area contributed by atoms with Crippen LogP contribution in [-0.2, 0) is 0 Å². The molecule has 3 aromatic rings. The van der Waals surface area contributed by atoms with Crippen molar-refractivity contribution in [2.45, 2.75) is 18.8 Å². The van der Waals surface area contributed by atoms with Gasteiger partial charge in [0.2, 0.25) is 0 Å². The van der Waals surface area contributed by atoms with Gasteiger partial charge in [0.25, 0.3) is 0 Å². The number of hydrogen-bond acceptors (Lipinski definition) is 3. The van der Waals surface area contributed by atoms with Crippen LogP contribution in [0.1, 0.15) is 24.5 Å². The van der Waals surface area contributed by atoms with Crippen molar-refractivity contribution in [1.82, 2.24) is 4.98 Å². The molecule has 5 heteroatoms. The molecule has 1 aliphatic rings. The molecular weight excluding hydrogens is 326 g/mol. The quantitative estimate of drug-likeness (QED) is 0.641. The number of carbonyl (C=O) groups is 1. The van der Waals surface area contributed by atoms with Crippen LogP contribution in [0.4, 0.5) is 4.79 Å². The summed E-state index contributed by atoms with van der Waals surface area (Å²) >= 11 is 6.17. The van der Waals surface area contributed by atoms with Crippen molar-refractivity contribution in [2.24, 2.45) is 0 Å². The number of benzene rings is 2. The van der Waals surface area contributed by atoms with E-state index in [1.165, 1.54) is 0 Å². The molecule has 0 amide bonds. The fourth-order valence-corrected chi connectivity index (χ4v) is 3.12. The monoisotopic (exact) mass is 339 g/mol. The van der Waals surface area contributed by atoms with Crippen LogP contribution in [0, 0.1) is 0 Å². The van der Waals surface area contributed by atoms with E-state index >= 15 is 0 Å². The number of pyridine rings is 1. The van der Waals surface area contributed by atoms with Gasteiger partial charge in [0.15, 0.2) is 5.75 Å². The Kier molecular flexibility index (Phi) is 3.62. The van der Waals surface area contributed by atoms with E-state index in [2.05, 4.69) is 4.98 Å². The Morgan fingerprint density at radius 2 is 1.92 bits per heavy atom. The minimum atomic E-state index is -1.34. The zero-order valence-electron chi connectivity index (χ0n) is 12.7. The predicted molar refractivity (Wildman–Crippen MR) is 92.8 cm³/mol. The normalized spacial score (nSPS) is 13.9. The largest absolute Gasteiger partial charge is 0.511 e. The predicted octanol–water partition coefficient (Wildman–Crippen LogP) is 5.49. The molecule has 0 radical (unpaired) electrons. The minimum Gasteiger partial charge on any atom is -0.449 e. The van der Waals surface area contributed by atoms with E-state index in [-0.39, 0.29) is 5.92 Å². The molecular formula is C19H14ClNO3. The Labute approximate surface area is 143 Å². The highest BCUT2D eigenvalue weighted by Crippen LogP contribution is 2.48. The topological polar surface area (TPSA) is 59.4 Å². The van der Waals surface area contributed by atoms with Gasteiger partial charge in [0.1, 0.15) is 0 Å². The van der Waals surface area contributed by atoms with Crippen molar-refractivity contribution in [3.63, 3.8) is 0 Å². The molecule has 2 aromatic carbocycles. The van der Waals surface area contributed by atoms with Crippen molar-refractivity contribution < 1.29 is 14.6 Å². The zero-order chi connectivity index (χ0) is 16.7. The first-order valence-corrected chi connectivity index (χ1v) is 8.10. The summed E-state index contributed by atoms with van der Waals surface area (Å²) in [6.45, 7) is 0. The van der Waals surface area contributed by atoms with E-state index in [9.17, 15) is 9.90 Å². The summed E-state index contributed by atoms with van der Waals surface area (Å²) in [4.78, 5) is 15.9. The van der Waals surface area contributed by atoms with Crippen LogP contribution in [0.3, 0.4) is 0 Å². The lowest BCUT2D eigenvalue weighted by atomic mass is 9.97. The van der Waals surface area contributed by atoms with Crippen LogP contribution in [0.25, 0.3) is 22.0 Å². The van der Waals surface area contributed by atoms with E-state index in [1.54, 1.807) is 12.1 Å². The number of fused-ring (bicyclic) bond motifs is 1. The van der Waals surface area contributed by atoms with Gasteiger partial charge in [-0.25, -0.2) is 9.78 Å². The number of rotatable bonds is 3. The molecule has 1 aliphatic carbocycles. The highest BCUT2D eigenvalue weighted by molar-refractivity contribution is 6.31. The highest BCUT2D eigenvalue weighted by Gasteiger charge is 2.32. The summed E-state index contributed by atoms with van der Waals surface area (Å²) < 4.78 is 5.19. The maximum Gasteiger partial charge on any atom is 0.511 e. The van der Waals surface area contributed by atoms with Crippen molar-refractivity contribution in [3.8, 4) is 16.9 Å². The molecule has 4 rings (SSSR count). The Morgan fingerprint density at radius 3 is 2.58 bits per heavy atom. The average Bonchev–Trinajstić information content (AvgIpc) is 3.39. The lowest BCUT2D eigenvalue weighted by Crippen LogP contribution is -2.08. The van der Waals surface area contributed by atoms with Crippen LogP contribution in [-0.4, -0.2) is 16.2 Å². The molecule has 1 fully saturated rings. The van der Waals surface area contributed by atoms with Gasteiger partial charge < -0.3 is 9.84 Å². The Bertz CT molecular complexity index is 936. The van der Waals surface area contributed by atoms with Gasteiger partial charge in [-0.15, -0.1) is 0 Å². The van der Waals surface area contributed by atoms with Crippen molar-refractivity contribution >= 4 is 28.7 Å². The number of ether oxygens (including phenoxy) is 1. The van der Waals surface area contributed by atoms with Crippen LogP contribution >= 0.6 is 11.6 Å². The molecule has 0 atom stereocenters. The summed E-state index contributed by atoms with van der Waals surface area (Å²) in [5.74, 6) is 0.577. The fourth-order valence-electron chi connectivity index (χ4n) is 2.95. The van der Waals surface area contributed by atoms with Gasteiger partial charge in [-0.05, 0) is 36.6 Å². The van der Waals surface area contributed by atoms with Crippen LogP contribution in [0.15, 0.2) is 48.5 Å². The molecule has 1 heterocycles. The fraction of sp³-hybridized carbons (Fsp3) is 0.158. The maximum atomic E-state index is 11.3. The van der Waals surface area contributed by atoms with E-state index in [1.807, 2.05) is 36.4 Å². The molecule has 0 bridgehead atoms. The SMILES string of the molecule is O=C(O)Oc1c(C2CC2)nc2ccc(Cl)cc2c1-c1ccccc1. The number of nitrogens with zero attached hydrogens (tertiary/aromatic N) is 1. The minimum absolute atomic E-state index is 0.252. The molecule has 4 nitrogen and oxygen atoms in total. The molecule has 0 spiro atoms. The second-order valence-electron chi connectivity index (χ2n) is 5.87. The third kappa shape index (κ3) is 2.69. The molecule has 24 heavy (non-hydrogen) atoms. The summed E-state index contributed by atoms with van der Waals surface area (Å²) in [5, 5.41) is 10.6. The first kappa shape index (κ1) is 15.0. The zero-order valence-corrected chi connectivity index (χ0v) is 13.5. The smallest absolute Gasteiger partial charge is 0.449 e. The average molecular weight is 340 g/mol. The maximum absolute atomic E-state index is 11.3. The third-order valence-corrected chi connectivity index (χ3v) is 4.38. The summed E-state index contributed by atoms with van der Waals surface area (Å²) in [7, 11) is 0. The molecule has 1 saturated carbocycles. The summed E-state index contributed by atoms with van der Waals surface area (Å²) in [6, 6.07) is 15.1. The van der Waals surface area contributed by atoms with Gasteiger partial charge >= 0.3 is 6.16 Å². The summed E-state index contributed by atoms with van der Waals surface area (Å²) in [6.07, 6.45) is 0.657. The van der Waals surface area contributed by atoms with E-state index in [0.717, 1.165) is 34.9 Å². The molecule has 0 unspecified atom stereocenters. The van der Waals surface area contributed by atoms with Crippen LogP contribution in [0.2, 0.25) is 5.02 Å². The Hall–Kier alpha value is -2.59. The molecule has 1 N–H and O–H groups in total. The Morgan fingerprint density at radius 1 is 1.17 bits per heavy atom. The molecule has 120 valence electrons. The highest BCUT2D eigenvalue weighted by atomic mass is 35.5. The van der Waals surface area contributed by atoms with Crippen molar-refractivity contribution in [1.29, 1.82) is 0 Å². The number of carboxylic acid groups (broad SMARTS) is 1. The van der Waals surface area contributed by atoms with E-state index < -0.39 is 6.16 Å². The van der Waals surface area contributed by atoms with Crippen LogP contribution in [0.5, 0.6) is 5.75 Å². The standard InChI is InChI=1S/C19H14ClNO3/c20-13-8-9-15-14(10-13)16(11-4-2-1-3-5-11)18(24-19(22)23)17(21-15)12-6-7-12/h1-5,8-10,12H,6-7H2,(H,22,23). The third-order valence-electron chi connectivity index (χ3n) is 4.14. The van der Waals surface area contributed by atoms with Crippen LogP contribution < -0.4 is 4.74 Å². The lowest BCUT2D eigenvalue weighted by molar-refractivity contribution is 0.144. The summed E-state index contributed by atoms with van der Waals surface area (Å²) in [5.41, 5.74) is 3.11. The van der Waals surface area contributed by atoms with E-state index in [0.29, 0.717) is 16.5 Å². The van der Waals surface area contributed by atoms with E-state index in [4.69, 9.17) is 16.3 Å². The molecule has 0 saturated heterocycles. The van der Waals surface area contributed by atoms with Gasteiger partial charge in [0, 0.05) is 21.9 Å². The van der Waals surface area contributed by atoms with Crippen molar-refractivity contribution in [3.05, 3.63) is 59.2 Å². The van der Waals surface area contributed by atoms with Gasteiger partial charge in [0.05, 0.1) is 11.2 Å². The Balaban J connectivity index is 2.10. The van der Waals surface area contributed by atoms with Gasteiger partial charge in [-0.3, -0.25) is 0 Å². The first-order chi connectivity index (χ1) is 11.6. The second kappa shape index (κ2) is 5.80.